The Balaban J connectivity index is 2.08. The first-order valence-electron chi connectivity index (χ1n) is 6.77. The number of benzene rings is 1. The number of rotatable bonds is 3. The molecule has 0 amide bonds. The highest BCUT2D eigenvalue weighted by atomic mass is 16.4. The van der Waals surface area contributed by atoms with E-state index in [0.717, 1.165) is 36.1 Å². The van der Waals surface area contributed by atoms with Gasteiger partial charge in [0.25, 0.3) is 0 Å². The molecule has 1 aromatic carbocycles. The lowest BCUT2D eigenvalue weighted by molar-refractivity contribution is -0.142. The number of nitrogens with one attached hydrogen (secondary N) is 1. The molecule has 104 valence electrons. The van der Waals surface area contributed by atoms with Crippen LogP contribution in [0.3, 0.4) is 0 Å². The van der Waals surface area contributed by atoms with Crippen molar-refractivity contribution in [1.29, 1.82) is 0 Å². The smallest absolute Gasteiger partial charge is 0.306 e. The summed E-state index contributed by atoms with van der Waals surface area (Å²) in [5.74, 6) is -0.620. The summed E-state index contributed by atoms with van der Waals surface area (Å²) in [5, 5.41) is 22.2. The van der Waals surface area contributed by atoms with Gasteiger partial charge in [0.2, 0.25) is 0 Å². The first-order chi connectivity index (χ1) is 8.97. The van der Waals surface area contributed by atoms with E-state index in [4.69, 9.17) is 5.11 Å². The van der Waals surface area contributed by atoms with Crippen LogP contribution in [-0.4, -0.2) is 22.2 Å². The zero-order valence-electron chi connectivity index (χ0n) is 11.4. The van der Waals surface area contributed by atoms with E-state index in [2.05, 4.69) is 5.32 Å². The van der Waals surface area contributed by atoms with Gasteiger partial charge in [0.15, 0.2) is 0 Å². The molecular weight excluding hydrogens is 242 g/mol. The van der Waals surface area contributed by atoms with Crippen LogP contribution >= 0.6 is 0 Å². The Morgan fingerprint density at radius 2 is 2.00 bits per heavy atom. The summed E-state index contributed by atoms with van der Waals surface area (Å²) in [6, 6.07) is 3.88. The van der Waals surface area contributed by atoms with Gasteiger partial charge in [0.05, 0.1) is 5.92 Å². The van der Waals surface area contributed by atoms with E-state index in [1.807, 2.05) is 19.9 Å². The molecule has 1 saturated carbocycles. The average molecular weight is 263 g/mol. The lowest BCUT2D eigenvalue weighted by Crippen LogP contribution is -2.31. The molecule has 1 aliphatic carbocycles. The maximum Gasteiger partial charge on any atom is 0.306 e. The number of phenols is 1. The molecule has 2 unspecified atom stereocenters. The molecule has 4 heteroatoms. The minimum atomic E-state index is -0.690. The maximum absolute atomic E-state index is 11.1. The van der Waals surface area contributed by atoms with Crippen LogP contribution in [0.5, 0.6) is 5.75 Å². The van der Waals surface area contributed by atoms with Crippen LogP contribution in [-0.2, 0) is 4.79 Å². The Kier molecular flexibility index (Phi) is 3.98. The number of hydrogen-bond acceptors (Lipinski definition) is 3. The van der Waals surface area contributed by atoms with Crippen LogP contribution in [0.4, 0.5) is 5.69 Å². The van der Waals surface area contributed by atoms with Crippen LogP contribution in [0, 0.1) is 19.8 Å². The fourth-order valence-electron chi connectivity index (χ4n) is 2.72. The molecular formula is C15H21NO3. The zero-order valence-corrected chi connectivity index (χ0v) is 11.4. The second-order valence-electron chi connectivity index (χ2n) is 5.50. The Morgan fingerprint density at radius 1 is 1.26 bits per heavy atom. The van der Waals surface area contributed by atoms with E-state index < -0.39 is 5.97 Å². The molecule has 0 aliphatic heterocycles. The molecule has 3 N–H and O–H groups in total. The minimum Gasteiger partial charge on any atom is -0.508 e. The number of carboxylic acids is 1. The molecule has 1 aromatic rings. The van der Waals surface area contributed by atoms with Crippen LogP contribution in [0.1, 0.15) is 36.8 Å². The highest BCUT2D eigenvalue weighted by Crippen LogP contribution is 2.30. The summed E-state index contributed by atoms with van der Waals surface area (Å²) in [7, 11) is 0. The average Bonchev–Trinajstić information content (AvgIpc) is 2.36. The number of hydrogen-bond donors (Lipinski definition) is 3. The molecule has 0 heterocycles. The zero-order chi connectivity index (χ0) is 14.0. The summed E-state index contributed by atoms with van der Waals surface area (Å²) in [4.78, 5) is 11.1. The topological polar surface area (TPSA) is 69.6 Å². The molecule has 1 fully saturated rings. The number of aliphatic carboxylic acids is 1. The van der Waals surface area contributed by atoms with Crippen molar-refractivity contribution >= 4 is 11.7 Å². The van der Waals surface area contributed by atoms with E-state index in [-0.39, 0.29) is 12.0 Å². The lowest BCUT2D eigenvalue weighted by Gasteiger charge is -2.29. The lowest BCUT2D eigenvalue weighted by atomic mass is 9.85. The Hall–Kier alpha value is -1.71. The van der Waals surface area contributed by atoms with Gasteiger partial charge in [-0.2, -0.15) is 0 Å². The largest absolute Gasteiger partial charge is 0.508 e. The fraction of sp³-hybridized carbons (Fsp3) is 0.533. The van der Waals surface area contributed by atoms with Crippen molar-refractivity contribution in [2.24, 2.45) is 5.92 Å². The van der Waals surface area contributed by atoms with Crippen molar-refractivity contribution in [2.45, 2.75) is 45.6 Å². The monoisotopic (exact) mass is 263 g/mol. The van der Waals surface area contributed by atoms with Crippen LogP contribution < -0.4 is 5.32 Å². The van der Waals surface area contributed by atoms with E-state index in [0.29, 0.717) is 12.2 Å². The fourth-order valence-corrected chi connectivity index (χ4v) is 2.72. The highest BCUT2D eigenvalue weighted by molar-refractivity contribution is 5.70. The Morgan fingerprint density at radius 3 is 2.68 bits per heavy atom. The summed E-state index contributed by atoms with van der Waals surface area (Å²) in [6.07, 6.45) is 3.41. The Labute approximate surface area is 113 Å². The number of carboxylic acid groups (broad SMARTS) is 1. The Bertz CT molecular complexity index is 485. The third-order valence-corrected chi connectivity index (χ3v) is 3.93. The van der Waals surface area contributed by atoms with Gasteiger partial charge in [0.1, 0.15) is 5.75 Å². The number of aromatic hydroxyl groups is 1. The van der Waals surface area contributed by atoms with Gasteiger partial charge in [-0.25, -0.2) is 0 Å². The third kappa shape index (κ3) is 3.19. The standard InChI is InChI=1S/C15H21NO3/c1-9-7-14(17)10(2)6-13(9)16-12-5-3-4-11(8-12)15(18)19/h6-7,11-12,16-17H,3-5,8H2,1-2H3,(H,18,19). The number of anilines is 1. The molecule has 0 spiro atoms. The van der Waals surface area contributed by atoms with Gasteiger partial charge in [-0.3, -0.25) is 4.79 Å². The summed E-state index contributed by atoms with van der Waals surface area (Å²) >= 11 is 0. The van der Waals surface area contributed by atoms with E-state index >= 15 is 0 Å². The molecule has 0 saturated heterocycles. The predicted octanol–water partition coefficient (Wildman–Crippen LogP) is 3.06. The second kappa shape index (κ2) is 5.51. The van der Waals surface area contributed by atoms with Gasteiger partial charge in [-0.05, 0) is 56.4 Å². The molecule has 0 radical (unpaired) electrons. The van der Waals surface area contributed by atoms with Crippen molar-refractivity contribution in [1.82, 2.24) is 0 Å². The van der Waals surface area contributed by atoms with Gasteiger partial charge in [-0.15, -0.1) is 0 Å². The first kappa shape index (κ1) is 13.7. The van der Waals surface area contributed by atoms with E-state index in [9.17, 15) is 9.90 Å². The predicted molar refractivity (Wildman–Crippen MR) is 74.6 cm³/mol. The molecule has 2 rings (SSSR count). The third-order valence-electron chi connectivity index (χ3n) is 3.93. The number of phenolic OH excluding ortho intramolecular Hbond substituents is 1. The first-order valence-corrected chi connectivity index (χ1v) is 6.77. The van der Waals surface area contributed by atoms with Crippen molar-refractivity contribution in [3.05, 3.63) is 23.3 Å². The van der Waals surface area contributed by atoms with Gasteiger partial charge in [-0.1, -0.05) is 6.42 Å². The van der Waals surface area contributed by atoms with E-state index in [1.54, 1.807) is 6.07 Å². The molecule has 0 aromatic heterocycles. The van der Waals surface area contributed by atoms with Crippen LogP contribution in [0.2, 0.25) is 0 Å². The maximum atomic E-state index is 11.1. The van der Waals surface area contributed by atoms with Crippen molar-refractivity contribution in [3.8, 4) is 5.75 Å². The quantitative estimate of drug-likeness (QED) is 0.733. The van der Waals surface area contributed by atoms with Crippen LogP contribution in [0.25, 0.3) is 0 Å². The molecule has 0 bridgehead atoms. The molecule has 4 nitrogen and oxygen atoms in total. The molecule has 19 heavy (non-hydrogen) atoms. The van der Waals surface area contributed by atoms with E-state index in [1.165, 1.54) is 0 Å². The second-order valence-corrected chi connectivity index (χ2v) is 5.50. The van der Waals surface area contributed by atoms with Gasteiger partial charge < -0.3 is 15.5 Å². The van der Waals surface area contributed by atoms with Crippen molar-refractivity contribution in [3.63, 3.8) is 0 Å². The van der Waals surface area contributed by atoms with Crippen LogP contribution in [0.15, 0.2) is 12.1 Å². The van der Waals surface area contributed by atoms with Crippen molar-refractivity contribution < 1.29 is 15.0 Å². The highest BCUT2D eigenvalue weighted by Gasteiger charge is 2.27. The molecule has 2 atom stereocenters. The number of carbonyl (C=O) groups is 1. The van der Waals surface area contributed by atoms with Gasteiger partial charge >= 0.3 is 5.97 Å². The molecule has 1 aliphatic rings. The summed E-state index contributed by atoms with van der Waals surface area (Å²) in [5.41, 5.74) is 2.81. The minimum absolute atomic E-state index is 0.206. The number of aryl methyl sites for hydroxylation is 2. The summed E-state index contributed by atoms with van der Waals surface area (Å²) in [6.45, 7) is 3.81. The normalized spacial score (nSPS) is 23.1. The SMILES string of the molecule is Cc1cc(NC2CCCC(C(=O)O)C2)c(C)cc1O. The summed E-state index contributed by atoms with van der Waals surface area (Å²) < 4.78 is 0. The van der Waals surface area contributed by atoms with Crippen molar-refractivity contribution in [2.75, 3.05) is 5.32 Å². The van der Waals surface area contributed by atoms with Gasteiger partial charge in [0, 0.05) is 11.7 Å².